The van der Waals surface area contributed by atoms with Crippen molar-refractivity contribution in [3.8, 4) is 0 Å². The molecule has 2 nitrogen and oxygen atoms in total. The number of hydrogen-bond donors (Lipinski definition) is 1. The molecule has 0 bridgehead atoms. The Bertz CT molecular complexity index is 344. The Balaban J connectivity index is 2.97. The predicted molar refractivity (Wildman–Crippen MR) is 59.4 cm³/mol. The lowest BCUT2D eigenvalue weighted by molar-refractivity contribution is 0.0927. The van der Waals surface area contributed by atoms with Crippen LogP contribution in [-0.4, -0.2) is 5.78 Å². The third-order valence-electron chi connectivity index (χ3n) is 2.62. The number of aryl methyl sites for hydroxylation is 1. The molecule has 1 aromatic carbocycles. The van der Waals surface area contributed by atoms with Crippen LogP contribution in [0.4, 0.5) is 5.69 Å². The molecule has 0 saturated heterocycles. The second-order valence-electron chi connectivity index (χ2n) is 3.74. The number of anilines is 1. The monoisotopic (exact) mass is 191 g/mol. The largest absolute Gasteiger partial charge is 0.398 e. The summed E-state index contributed by atoms with van der Waals surface area (Å²) in [6.45, 7) is 5.89. The van der Waals surface area contributed by atoms with Gasteiger partial charge >= 0.3 is 0 Å². The van der Waals surface area contributed by atoms with E-state index in [0.29, 0.717) is 5.69 Å². The normalized spacial score (nSPS) is 12.5. The van der Waals surface area contributed by atoms with Crippen molar-refractivity contribution in [2.45, 2.75) is 27.2 Å². The summed E-state index contributed by atoms with van der Waals surface area (Å²) in [7, 11) is 0. The van der Waals surface area contributed by atoms with Crippen LogP contribution < -0.4 is 5.73 Å². The lowest BCUT2D eigenvalue weighted by Crippen LogP contribution is -2.10. The number of nitrogens with two attached hydrogens (primary N) is 1. The van der Waals surface area contributed by atoms with Crippen LogP contribution in [0, 0.1) is 12.8 Å². The second-order valence-corrected chi connectivity index (χ2v) is 3.74. The fourth-order valence-electron chi connectivity index (χ4n) is 1.26. The van der Waals surface area contributed by atoms with Crippen molar-refractivity contribution in [2.24, 2.45) is 5.92 Å². The number of Topliss-reactive ketones (excluding diaryl/α,β-unsaturated/α-hetero) is 1. The molecule has 2 N–H and O–H groups in total. The molecule has 0 fully saturated rings. The van der Waals surface area contributed by atoms with E-state index < -0.39 is 0 Å². The Hall–Kier alpha value is -1.31. The van der Waals surface area contributed by atoms with Crippen molar-refractivity contribution in [3.63, 3.8) is 0 Å². The maximum Gasteiger partial charge on any atom is 0.165 e. The molecule has 1 atom stereocenters. The molecule has 76 valence electrons. The third-order valence-corrected chi connectivity index (χ3v) is 2.62. The number of ketones is 1. The summed E-state index contributed by atoms with van der Waals surface area (Å²) >= 11 is 0. The molecular formula is C12H17NO. The summed E-state index contributed by atoms with van der Waals surface area (Å²) in [6.07, 6.45) is 0.868. The maximum absolute atomic E-state index is 11.8. The zero-order valence-electron chi connectivity index (χ0n) is 9.00. The minimum absolute atomic E-state index is 0.0807. The van der Waals surface area contributed by atoms with Gasteiger partial charge in [-0.3, -0.25) is 4.79 Å². The van der Waals surface area contributed by atoms with Crippen LogP contribution >= 0.6 is 0 Å². The average Bonchev–Trinajstić information content (AvgIpc) is 2.20. The van der Waals surface area contributed by atoms with Crippen LogP contribution in [-0.2, 0) is 0 Å². The van der Waals surface area contributed by atoms with Gasteiger partial charge in [0.15, 0.2) is 5.78 Å². The van der Waals surface area contributed by atoms with Gasteiger partial charge in [0.2, 0.25) is 0 Å². The van der Waals surface area contributed by atoms with E-state index in [2.05, 4.69) is 0 Å². The summed E-state index contributed by atoms with van der Waals surface area (Å²) in [6, 6.07) is 5.51. The zero-order valence-corrected chi connectivity index (χ0v) is 9.00. The van der Waals surface area contributed by atoms with Crippen LogP contribution in [0.5, 0.6) is 0 Å². The zero-order chi connectivity index (χ0) is 10.7. The summed E-state index contributed by atoms with van der Waals surface area (Å²) < 4.78 is 0. The Morgan fingerprint density at radius 1 is 1.50 bits per heavy atom. The summed E-state index contributed by atoms with van der Waals surface area (Å²) in [5.74, 6) is 0.260. The van der Waals surface area contributed by atoms with Gasteiger partial charge in [0.25, 0.3) is 0 Å². The standard InChI is InChI=1S/C12H17NO/c1-4-8(2)12(14)10-6-5-9(3)11(13)7-10/h5-8H,4,13H2,1-3H3. The molecule has 0 spiro atoms. The molecule has 2 heteroatoms. The number of rotatable bonds is 3. The molecular weight excluding hydrogens is 174 g/mol. The number of hydrogen-bond acceptors (Lipinski definition) is 2. The molecule has 0 radical (unpaired) electrons. The second kappa shape index (κ2) is 4.27. The van der Waals surface area contributed by atoms with Gasteiger partial charge in [0.1, 0.15) is 0 Å². The van der Waals surface area contributed by atoms with Gasteiger partial charge in [-0.2, -0.15) is 0 Å². The minimum atomic E-state index is 0.0807. The Kier molecular flexibility index (Phi) is 3.28. The van der Waals surface area contributed by atoms with Gasteiger partial charge < -0.3 is 5.73 Å². The molecule has 0 aliphatic carbocycles. The molecule has 1 aromatic rings. The van der Waals surface area contributed by atoms with Gasteiger partial charge in [-0.15, -0.1) is 0 Å². The van der Waals surface area contributed by atoms with Crippen LogP contribution in [0.2, 0.25) is 0 Å². The Morgan fingerprint density at radius 3 is 2.64 bits per heavy atom. The highest BCUT2D eigenvalue weighted by molar-refractivity contribution is 5.98. The highest BCUT2D eigenvalue weighted by Crippen LogP contribution is 2.17. The molecule has 0 saturated carbocycles. The highest BCUT2D eigenvalue weighted by Gasteiger charge is 2.13. The molecule has 0 amide bonds. The van der Waals surface area contributed by atoms with E-state index in [1.54, 1.807) is 6.07 Å². The first-order valence-corrected chi connectivity index (χ1v) is 4.96. The molecule has 0 aromatic heterocycles. The van der Waals surface area contributed by atoms with E-state index in [0.717, 1.165) is 17.5 Å². The first kappa shape index (κ1) is 10.8. The van der Waals surface area contributed by atoms with E-state index in [1.807, 2.05) is 32.9 Å². The summed E-state index contributed by atoms with van der Waals surface area (Å²) in [4.78, 5) is 11.8. The van der Waals surface area contributed by atoms with Gasteiger partial charge in [-0.25, -0.2) is 0 Å². The van der Waals surface area contributed by atoms with Gasteiger partial charge in [0, 0.05) is 17.2 Å². The number of nitrogen functional groups attached to an aromatic ring is 1. The van der Waals surface area contributed by atoms with Crippen LogP contribution in [0.25, 0.3) is 0 Å². The van der Waals surface area contributed by atoms with Crippen molar-refractivity contribution < 1.29 is 4.79 Å². The van der Waals surface area contributed by atoms with E-state index >= 15 is 0 Å². The van der Waals surface area contributed by atoms with Crippen LogP contribution in [0.1, 0.15) is 36.2 Å². The van der Waals surface area contributed by atoms with Gasteiger partial charge in [0.05, 0.1) is 0 Å². The van der Waals surface area contributed by atoms with Gasteiger partial charge in [-0.1, -0.05) is 26.0 Å². The molecule has 1 unspecified atom stereocenters. The summed E-state index contributed by atoms with van der Waals surface area (Å²) in [5.41, 5.74) is 8.19. The summed E-state index contributed by atoms with van der Waals surface area (Å²) in [5, 5.41) is 0. The Labute approximate surface area is 85.1 Å². The predicted octanol–water partition coefficient (Wildman–Crippen LogP) is 2.81. The average molecular weight is 191 g/mol. The fourth-order valence-corrected chi connectivity index (χ4v) is 1.26. The van der Waals surface area contributed by atoms with E-state index in [4.69, 9.17) is 5.73 Å². The van der Waals surface area contributed by atoms with Crippen molar-refractivity contribution in [1.29, 1.82) is 0 Å². The van der Waals surface area contributed by atoms with Crippen molar-refractivity contribution in [1.82, 2.24) is 0 Å². The molecule has 0 heterocycles. The van der Waals surface area contributed by atoms with Crippen LogP contribution in [0.3, 0.4) is 0 Å². The highest BCUT2D eigenvalue weighted by atomic mass is 16.1. The lowest BCUT2D eigenvalue weighted by atomic mass is 9.96. The fraction of sp³-hybridized carbons (Fsp3) is 0.417. The molecule has 1 rings (SSSR count). The van der Waals surface area contributed by atoms with Gasteiger partial charge in [-0.05, 0) is 25.0 Å². The third kappa shape index (κ3) is 2.13. The molecule has 0 aliphatic heterocycles. The van der Waals surface area contributed by atoms with E-state index in [1.165, 1.54) is 0 Å². The minimum Gasteiger partial charge on any atom is -0.398 e. The SMILES string of the molecule is CCC(C)C(=O)c1ccc(C)c(N)c1. The number of carbonyl (C=O) groups excluding carboxylic acids is 1. The number of carbonyl (C=O) groups is 1. The first-order chi connectivity index (χ1) is 6.56. The topological polar surface area (TPSA) is 43.1 Å². The van der Waals surface area contributed by atoms with E-state index in [9.17, 15) is 4.79 Å². The number of benzene rings is 1. The van der Waals surface area contributed by atoms with E-state index in [-0.39, 0.29) is 11.7 Å². The van der Waals surface area contributed by atoms with Crippen LogP contribution in [0.15, 0.2) is 18.2 Å². The molecule has 0 aliphatic rings. The lowest BCUT2D eigenvalue weighted by Gasteiger charge is -2.08. The van der Waals surface area contributed by atoms with Crippen molar-refractivity contribution >= 4 is 11.5 Å². The smallest absolute Gasteiger partial charge is 0.165 e. The van der Waals surface area contributed by atoms with Crippen molar-refractivity contribution in [2.75, 3.05) is 5.73 Å². The Morgan fingerprint density at radius 2 is 2.14 bits per heavy atom. The maximum atomic E-state index is 11.8. The molecule has 14 heavy (non-hydrogen) atoms. The first-order valence-electron chi connectivity index (χ1n) is 4.96. The van der Waals surface area contributed by atoms with Crippen molar-refractivity contribution in [3.05, 3.63) is 29.3 Å². The quantitative estimate of drug-likeness (QED) is 0.589.